The summed E-state index contributed by atoms with van der Waals surface area (Å²) in [6, 6.07) is 7.53. The van der Waals surface area contributed by atoms with Crippen molar-refractivity contribution in [1.29, 1.82) is 10.8 Å². The summed E-state index contributed by atoms with van der Waals surface area (Å²) in [7, 11) is 0. The Labute approximate surface area is 67.4 Å². The molecule has 3 nitrogen and oxygen atoms in total. The maximum Gasteiger partial charge on any atom is 0.0314 e. The molecule has 0 aromatic heterocycles. The number of anilines is 1. The largest absolute Gasteiger partial charge is 0.399 e. The first-order valence-electron chi connectivity index (χ1n) is 2.50. The van der Waals surface area contributed by atoms with E-state index in [9.17, 15) is 0 Å². The zero-order valence-electron chi connectivity index (χ0n) is 5.16. The second-order valence-corrected chi connectivity index (χ2v) is 2.47. The molecule has 0 heterocycles. The predicted octanol–water partition coefficient (Wildman–Crippen LogP) is 2.06. The summed E-state index contributed by atoms with van der Waals surface area (Å²) in [6.07, 6.45) is 0. The van der Waals surface area contributed by atoms with E-state index in [2.05, 4.69) is 15.9 Å². The third kappa shape index (κ3) is 3.05. The van der Waals surface area contributed by atoms with Crippen molar-refractivity contribution < 1.29 is 0 Å². The van der Waals surface area contributed by atoms with Gasteiger partial charge in [0, 0.05) is 20.9 Å². The van der Waals surface area contributed by atoms with Crippen LogP contribution in [0.1, 0.15) is 0 Å². The molecule has 2 N–H and O–H groups in total. The molecule has 0 unspecified atom stereocenters. The van der Waals surface area contributed by atoms with E-state index >= 15 is 0 Å². The van der Waals surface area contributed by atoms with Gasteiger partial charge in [0.2, 0.25) is 0 Å². The highest BCUT2D eigenvalue weighted by molar-refractivity contribution is 9.10. The lowest BCUT2D eigenvalue weighted by atomic mass is 10.3. The highest BCUT2D eigenvalue weighted by Gasteiger charge is 1.81. The molecule has 0 bridgehead atoms. The van der Waals surface area contributed by atoms with Gasteiger partial charge in [-0.3, -0.25) is 0 Å². The SMILES string of the molecule is N#N.Nc1ccc(Br)cc1. The normalized spacial score (nSPS) is 7.50. The second-order valence-electron chi connectivity index (χ2n) is 1.55. The van der Waals surface area contributed by atoms with E-state index in [-0.39, 0.29) is 0 Å². The van der Waals surface area contributed by atoms with Crippen molar-refractivity contribution in [3.05, 3.63) is 28.7 Å². The van der Waals surface area contributed by atoms with Gasteiger partial charge in [0.25, 0.3) is 0 Å². The fourth-order valence-corrected chi connectivity index (χ4v) is 0.727. The first kappa shape index (κ1) is 8.92. The summed E-state index contributed by atoms with van der Waals surface area (Å²) < 4.78 is 1.06. The second kappa shape index (κ2) is 4.77. The Hall–Kier alpha value is -1.08. The molecule has 0 fully saturated rings. The Morgan fingerprint density at radius 1 is 1.10 bits per heavy atom. The summed E-state index contributed by atoms with van der Waals surface area (Å²) in [5, 5.41) is 12.0. The van der Waals surface area contributed by atoms with Gasteiger partial charge in [0.15, 0.2) is 0 Å². The number of halogens is 1. The van der Waals surface area contributed by atoms with Crippen molar-refractivity contribution in [2.45, 2.75) is 0 Å². The number of hydrogen-bond acceptors (Lipinski definition) is 3. The Balaban J connectivity index is 0.000000371. The molecule has 0 aliphatic heterocycles. The molecule has 0 aliphatic carbocycles. The first-order chi connectivity index (χ1) is 4.79. The van der Waals surface area contributed by atoms with Crippen molar-refractivity contribution in [3.8, 4) is 0 Å². The molecule has 1 aromatic carbocycles. The molecule has 52 valence electrons. The standard InChI is InChI=1S/C6H6BrN.N2/c7-5-1-3-6(8)4-2-5;1-2/h1-4H,8H2;. The summed E-state index contributed by atoms with van der Waals surface area (Å²) in [5.41, 5.74) is 6.21. The molecular formula is C6H6BrN3. The molecule has 0 saturated carbocycles. The van der Waals surface area contributed by atoms with Gasteiger partial charge in [0.1, 0.15) is 0 Å². The van der Waals surface area contributed by atoms with Crippen LogP contribution < -0.4 is 5.73 Å². The lowest BCUT2D eigenvalue weighted by molar-refractivity contribution is 1.15. The summed E-state index contributed by atoms with van der Waals surface area (Å²) >= 11 is 3.29. The number of benzene rings is 1. The van der Waals surface area contributed by atoms with Crippen LogP contribution in [0.3, 0.4) is 0 Å². The van der Waals surface area contributed by atoms with Crippen LogP contribution in [0.5, 0.6) is 0 Å². The van der Waals surface area contributed by atoms with E-state index in [1.807, 2.05) is 24.3 Å². The number of hydrogen-bond donors (Lipinski definition) is 1. The van der Waals surface area contributed by atoms with Crippen LogP contribution in [0.2, 0.25) is 0 Å². The Bertz CT molecular complexity index is 183. The van der Waals surface area contributed by atoms with E-state index in [1.165, 1.54) is 0 Å². The number of nitrogens with two attached hydrogens (primary N) is 1. The van der Waals surface area contributed by atoms with Crippen LogP contribution in [0, 0.1) is 10.8 Å². The zero-order valence-corrected chi connectivity index (χ0v) is 6.75. The van der Waals surface area contributed by atoms with E-state index in [0.29, 0.717) is 0 Å². The van der Waals surface area contributed by atoms with E-state index in [1.54, 1.807) is 0 Å². The number of nitrogen functional groups attached to an aromatic ring is 1. The number of nitrogens with zero attached hydrogens (tertiary/aromatic N) is 2. The third-order valence-electron chi connectivity index (χ3n) is 0.870. The van der Waals surface area contributed by atoms with Crippen molar-refractivity contribution >= 4 is 21.6 Å². The van der Waals surface area contributed by atoms with Crippen molar-refractivity contribution in [3.63, 3.8) is 0 Å². The Morgan fingerprint density at radius 2 is 1.50 bits per heavy atom. The Morgan fingerprint density at radius 3 is 1.80 bits per heavy atom. The van der Waals surface area contributed by atoms with Gasteiger partial charge in [-0.2, -0.15) is 0 Å². The van der Waals surface area contributed by atoms with Gasteiger partial charge in [-0.25, -0.2) is 0 Å². The first-order valence-corrected chi connectivity index (χ1v) is 3.29. The minimum atomic E-state index is 0.799. The molecule has 1 rings (SSSR count). The van der Waals surface area contributed by atoms with Gasteiger partial charge < -0.3 is 5.73 Å². The smallest absolute Gasteiger partial charge is 0.0314 e. The molecular weight excluding hydrogens is 194 g/mol. The zero-order chi connectivity index (χ0) is 7.98. The van der Waals surface area contributed by atoms with E-state index in [4.69, 9.17) is 16.5 Å². The van der Waals surface area contributed by atoms with Crippen LogP contribution in [-0.2, 0) is 0 Å². The van der Waals surface area contributed by atoms with Crippen LogP contribution >= 0.6 is 15.9 Å². The Kier molecular flexibility index (Phi) is 4.25. The van der Waals surface area contributed by atoms with Crippen molar-refractivity contribution in [1.82, 2.24) is 0 Å². The number of rotatable bonds is 0. The van der Waals surface area contributed by atoms with Crippen LogP contribution in [0.4, 0.5) is 5.69 Å². The van der Waals surface area contributed by atoms with Gasteiger partial charge in [-0.1, -0.05) is 15.9 Å². The highest BCUT2D eigenvalue weighted by Crippen LogP contribution is 2.10. The van der Waals surface area contributed by atoms with Gasteiger partial charge in [-0.15, -0.1) is 0 Å². The van der Waals surface area contributed by atoms with Crippen molar-refractivity contribution in [2.24, 2.45) is 0 Å². The summed E-state index contributed by atoms with van der Waals surface area (Å²) in [5.74, 6) is 0. The molecule has 1 aromatic rings. The maximum absolute atomic E-state index is 6.00. The van der Waals surface area contributed by atoms with Crippen LogP contribution in [0.25, 0.3) is 0 Å². The van der Waals surface area contributed by atoms with E-state index < -0.39 is 0 Å². The quantitative estimate of drug-likeness (QED) is 0.514. The van der Waals surface area contributed by atoms with Crippen molar-refractivity contribution in [2.75, 3.05) is 5.73 Å². The minimum Gasteiger partial charge on any atom is -0.399 e. The topological polar surface area (TPSA) is 73.6 Å². The molecule has 0 radical (unpaired) electrons. The van der Waals surface area contributed by atoms with Gasteiger partial charge in [-0.05, 0) is 24.3 Å². The average molecular weight is 200 g/mol. The van der Waals surface area contributed by atoms with Gasteiger partial charge in [0.05, 0.1) is 0 Å². The predicted molar refractivity (Wildman–Crippen MR) is 42.0 cm³/mol. The highest BCUT2D eigenvalue weighted by atomic mass is 79.9. The lowest BCUT2D eigenvalue weighted by Gasteiger charge is -1.88. The van der Waals surface area contributed by atoms with Gasteiger partial charge >= 0.3 is 0 Å². The van der Waals surface area contributed by atoms with E-state index in [0.717, 1.165) is 10.2 Å². The minimum absolute atomic E-state index is 0.799. The lowest BCUT2D eigenvalue weighted by Crippen LogP contribution is -1.80. The monoisotopic (exact) mass is 199 g/mol. The molecule has 0 amide bonds. The molecule has 10 heavy (non-hydrogen) atoms. The third-order valence-corrected chi connectivity index (χ3v) is 1.40. The summed E-state index contributed by atoms with van der Waals surface area (Å²) in [6.45, 7) is 0. The molecule has 0 saturated heterocycles. The molecule has 0 atom stereocenters. The van der Waals surface area contributed by atoms with Crippen LogP contribution in [-0.4, -0.2) is 0 Å². The summed E-state index contributed by atoms with van der Waals surface area (Å²) in [4.78, 5) is 0. The maximum atomic E-state index is 6.00. The molecule has 4 heteroatoms. The fourth-order valence-electron chi connectivity index (χ4n) is 0.463. The fraction of sp³-hybridized carbons (Fsp3) is 0. The van der Waals surface area contributed by atoms with Crippen LogP contribution in [0.15, 0.2) is 28.7 Å². The molecule has 0 aliphatic rings. The molecule has 0 spiro atoms. The average Bonchev–Trinajstić information content (AvgIpc) is 2.00.